The van der Waals surface area contributed by atoms with E-state index in [1.165, 1.54) is 6.07 Å². The summed E-state index contributed by atoms with van der Waals surface area (Å²) in [5.41, 5.74) is -1.19. The summed E-state index contributed by atoms with van der Waals surface area (Å²) in [7, 11) is 0. The molecule has 0 radical (unpaired) electrons. The molecule has 0 amide bonds. The molecule has 0 saturated heterocycles. The van der Waals surface area contributed by atoms with Crippen LogP contribution >= 0.6 is 0 Å². The number of aromatic hydroxyl groups is 4. The van der Waals surface area contributed by atoms with Crippen LogP contribution in [0, 0.1) is 21.7 Å². The monoisotopic (exact) mass is 866 g/mol. The molecule has 0 bridgehead atoms. The van der Waals surface area contributed by atoms with Gasteiger partial charge in [-0.2, -0.15) is 0 Å². The zero-order valence-corrected chi connectivity index (χ0v) is 36.0. The van der Waals surface area contributed by atoms with Gasteiger partial charge >= 0.3 is 23.9 Å². The van der Waals surface area contributed by atoms with Crippen molar-refractivity contribution in [2.75, 3.05) is 0 Å². The third kappa shape index (κ3) is 11.2. The molecular formula is C48H66O14. The Bertz CT molecular complexity index is 1950. The molecule has 14 heteroatoms. The molecule has 14 nitrogen and oxygen atoms in total. The Morgan fingerprint density at radius 3 is 1.21 bits per heavy atom. The topological polar surface area (TPSA) is 249 Å². The summed E-state index contributed by atoms with van der Waals surface area (Å²) in [4.78, 5) is 58.6. The van der Waals surface area contributed by atoms with E-state index in [1.807, 2.05) is 0 Å². The second-order valence-corrected chi connectivity index (χ2v) is 19.2. The van der Waals surface area contributed by atoms with Gasteiger partial charge in [-0.3, -0.25) is 29.0 Å². The number of aryl methyl sites for hydroxylation is 2. The van der Waals surface area contributed by atoms with Gasteiger partial charge in [-0.05, 0) is 141 Å². The molecule has 4 aliphatic carbocycles. The molecule has 0 aliphatic heterocycles. The summed E-state index contributed by atoms with van der Waals surface area (Å²) in [6, 6.07) is 3.09. The Balaban J connectivity index is 1.17. The van der Waals surface area contributed by atoms with Crippen LogP contribution in [0.15, 0.2) is 12.1 Å². The first kappa shape index (κ1) is 46.6. The number of hydrogen-bond donors (Lipinski definition) is 8. The van der Waals surface area contributed by atoms with Crippen LogP contribution in [-0.4, -0.2) is 64.7 Å². The first-order valence-electron chi connectivity index (χ1n) is 23.0. The fourth-order valence-corrected chi connectivity index (χ4v) is 9.25. The van der Waals surface area contributed by atoms with Crippen LogP contribution in [0.25, 0.3) is 0 Å². The third-order valence-corrected chi connectivity index (χ3v) is 14.6. The van der Waals surface area contributed by atoms with E-state index >= 15 is 0 Å². The summed E-state index contributed by atoms with van der Waals surface area (Å²) < 4.78 is 0. The summed E-state index contributed by atoms with van der Waals surface area (Å²) >= 11 is 0. The van der Waals surface area contributed by atoms with Gasteiger partial charge in [0, 0.05) is 22.3 Å². The molecule has 8 N–H and O–H groups in total. The highest BCUT2D eigenvalue weighted by molar-refractivity contribution is 5.79. The number of unbranched alkanes of at least 4 members (excludes halogenated alkanes) is 8. The minimum atomic E-state index is -0.813. The summed E-state index contributed by atoms with van der Waals surface area (Å²) in [6.07, 6.45) is 17.0. The van der Waals surface area contributed by atoms with E-state index in [-0.39, 0.29) is 46.5 Å². The van der Waals surface area contributed by atoms with Crippen molar-refractivity contribution in [2.24, 2.45) is 21.7 Å². The van der Waals surface area contributed by atoms with Crippen molar-refractivity contribution >= 4 is 23.9 Å². The molecule has 2 aromatic rings. The second-order valence-electron chi connectivity index (χ2n) is 19.2. The molecule has 0 heterocycles. The van der Waals surface area contributed by atoms with Gasteiger partial charge in [0.1, 0.15) is 5.75 Å². The maximum Gasteiger partial charge on any atom is 0.309 e. The Labute approximate surface area is 363 Å². The summed E-state index contributed by atoms with van der Waals surface area (Å²) in [5, 5.41) is 83.9. The number of aliphatic carboxylic acids is 4. The highest BCUT2D eigenvalue weighted by Crippen LogP contribution is 2.53. The van der Waals surface area contributed by atoms with Crippen molar-refractivity contribution < 1.29 is 69.8 Å². The minimum Gasteiger partial charge on any atom is -0.508 e. The zero-order valence-electron chi connectivity index (χ0n) is 36.0. The Kier molecular flexibility index (Phi) is 14.8. The quantitative estimate of drug-likeness (QED) is 0.0116. The van der Waals surface area contributed by atoms with Crippen molar-refractivity contribution in [3.8, 4) is 34.5 Å². The number of rotatable bonds is 31. The molecule has 62 heavy (non-hydrogen) atoms. The molecule has 4 fully saturated rings. The third-order valence-electron chi connectivity index (χ3n) is 14.6. The number of phenols is 4. The standard InChI is InChI=1S/C48H66O14/c49-35-29-31(14-7-11-19-47(25-26-47)43(57)58)38(51)40(33(35)15-6-2-4-10-18-46(23-24-46)42(55)56)62-61-36-30-32(13-5-1-3-9-17-45(21-22-45)41(53)54)37(50)39(52)34(36)16-8-12-20-48(27-28-48)44(59)60/h29-30,49-52H,1-28H2,(H,53,54)(H,55,56)(H,57,58)(H,59,60). The first-order chi connectivity index (χ1) is 29.6. The molecule has 342 valence electrons. The number of phenolic OH excluding ortho intramolecular Hbond substituents is 4. The van der Waals surface area contributed by atoms with Crippen LogP contribution in [0.2, 0.25) is 0 Å². The Morgan fingerprint density at radius 2 is 0.774 bits per heavy atom. The fraction of sp³-hybridized carbons (Fsp3) is 0.667. The number of carboxylic acids is 4. The normalized spacial score (nSPS) is 18.1. The molecule has 0 spiro atoms. The highest BCUT2D eigenvalue weighted by Gasteiger charge is 2.51. The van der Waals surface area contributed by atoms with Crippen LogP contribution in [0.1, 0.15) is 176 Å². The van der Waals surface area contributed by atoms with Crippen LogP contribution < -0.4 is 9.78 Å². The molecule has 4 saturated carbocycles. The maximum absolute atomic E-state index is 11.8. The molecular weight excluding hydrogens is 801 g/mol. The number of carbonyl (C=O) groups is 4. The van der Waals surface area contributed by atoms with E-state index in [2.05, 4.69) is 0 Å². The average molecular weight is 867 g/mol. The summed E-state index contributed by atoms with van der Waals surface area (Å²) in [6.45, 7) is 0. The van der Waals surface area contributed by atoms with E-state index in [0.29, 0.717) is 152 Å². The van der Waals surface area contributed by atoms with E-state index in [1.54, 1.807) is 6.07 Å². The van der Waals surface area contributed by atoms with E-state index in [0.717, 1.165) is 38.5 Å². The highest BCUT2D eigenvalue weighted by atomic mass is 17.2. The Morgan fingerprint density at radius 1 is 0.419 bits per heavy atom. The first-order valence-corrected chi connectivity index (χ1v) is 23.0. The van der Waals surface area contributed by atoms with Gasteiger partial charge in [0.25, 0.3) is 0 Å². The van der Waals surface area contributed by atoms with Gasteiger partial charge in [0.2, 0.25) is 5.75 Å². The van der Waals surface area contributed by atoms with Crippen molar-refractivity contribution in [1.82, 2.24) is 0 Å². The van der Waals surface area contributed by atoms with Crippen molar-refractivity contribution in [1.29, 1.82) is 0 Å². The number of hydrogen-bond acceptors (Lipinski definition) is 10. The molecule has 6 rings (SSSR count). The van der Waals surface area contributed by atoms with Crippen molar-refractivity contribution in [2.45, 2.75) is 180 Å². The van der Waals surface area contributed by atoms with Gasteiger partial charge in [0.15, 0.2) is 23.0 Å². The van der Waals surface area contributed by atoms with E-state index in [4.69, 9.17) is 9.78 Å². The smallest absolute Gasteiger partial charge is 0.309 e. The molecule has 2 aromatic carbocycles. The molecule has 0 atom stereocenters. The molecule has 4 aliphatic rings. The van der Waals surface area contributed by atoms with Crippen LogP contribution in [-0.2, 0) is 44.9 Å². The lowest BCUT2D eigenvalue weighted by atomic mass is 9.95. The van der Waals surface area contributed by atoms with Crippen molar-refractivity contribution in [3.63, 3.8) is 0 Å². The lowest BCUT2D eigenvalue weighted by molar-refractivity contribution is -0.144. The summed E-state index contributed by atoms with van der Waals surface area (Å²) in [5.74, 6) is -4.12. The van der Waals surface area contributed by atoms with E-state index < -0.39 is 45.5 Å². The fourth-order valence-electron chi connectivity index (χ4n) is 9.25. The minimum absolute atomic E-state index is 0.0953. The number of carboxylic acid groups (broad SMARTS) is 4. The van der Waals surface area contributed by atoms with Crippen LogP contribution in [0.3, 0.4) is 0 Å². The van der Waals surface area contributed by atoms with Gasteiger partial charge in [-0.1, -0.05) is 51.4 Å². The predicted molar refractivity (Wildman–Crippen MR) is 227 cm³/mol. The zero-order chi connectivity index (χ0) is 44.7. The van der Waals surface area contributed by atoms with Gasteiger partial charge in [-0.15, -0.1) is 0 Å². The van der Waals surface area contributed by atoms with Gasteiger partial charge in [-0.25, -0.2) is 0 Å². The Hall–Kier alpha value is -4.88. The molecule has 0 unspecified atom stereocenters. The maximum atomic E-state index is 11.8. The van der Waals surface area contributed by atoms with Crippen molar-refractivity contribution in [3.05, 3.63) is 34.4 Å². The second kappa shape index (κ2) is 19.7. The predicted octanol–water partition coefficient (Wildman–Crippen LogP) is 9.75. The number of benzene rings is 2. The van der Waals surface area contributed by atoms with Gasteiger partial charge in [0.05, 0.1) is 21.7 Å². The lowest BCUT2D eigenvalue weighted by Crippen LogP contribution is -2.14. The SMILES string of the molecule is O=C(O)C1(CCCCCCc2cc(OOc3c(O)c(CCCCC4(C(=O)O)CC4)cc(O)c3CCCCCCC3(C(=O)O)CC3)c(CCCCC3(C(=O)O)CC3)c(O)c2O)CC1. The molecule has 0 aromatic heterocycles. The largest absolute Gasteiger partial charge is 0.508 e. The van der Waals surface area contributed by atoms with Crippen LogP contribution in [0.5, 0.6) is 34.5 Å². The lowest BCUT2D eigenvalue weighted by Gasteiger charge is -2.19. The average Bonchev–Trinajstić information content (AvgIpc) is 4.04. The van der Waals surface area contributed by atoms with E-state index in [9.17, 15) is 60.0 Å². The van der Waals surface area contributed by atoms with Gasteiger partial charge < -0.3 is 40.9 Å². The van der Waals surface area contributed by atoms with Crippen LogP contribution in [0.4, 0.5) is 0 Å².